The van der Waals surface area contributed by atoms with Crippen molar-refractivity contribution < 1.29 is 9.84 Å². The molecule has 1 fully saturated rings. The van der Waals surface area contributed by atoms with Crippen molar-refractivity contribution in [2.24, 2.45) is 0 Å². The first-order chi connectivity index (χ1) is 9.67. The maximum absolute atomic E-state index is 9.38. The SMILES string of the molecule is Cc1cc(Cl)ccc1OCc1nc(C2CC2)c(CO)s1. The summed E-state index contributed by atoms with van der Waals surface area (Å²) in [5.74, 6) is 1.38. The van der Waals surface area contributed by atoms with Crippen LogP contribution in [0.1, 0.15) is 39.9 Å². The summed E-state index contributed by atoms with van der Waals surface area (Å²) >= 11 is 7.47. The number of halogens is 1. The Balaban J connectivity index is 1.71. The fourth-order valence-corrected chi connectivity index (χ4v) is 3.33. The molecule has 1 aromatic heterocycles. The molecule has 106 valence electrons. The Hall–Kier alpha value is -1.10. The molecule has 2 aromatic rings. The van der Waals surface area contributed by atoms with Gasteiger partial charge in [0, 0.05) is 10.9 Å². The number of hydrogen-bond donors (Lipinski definition) is 1. The Labute approximate surface area is 127 Å². The van der Waals surface area contributed by atoms with E-state index >= 15 is 0 Å². The molecule has 0 unspecified atom stereocenters. The van der Waals surface area contributed by atoms with Crippen LogP contribution in [0, 0.1) is 6.92 Å². The maximum atomic E-state index is 9.38. The molecule has 1 aromatic carbocycles. The van der Waals surface area contributed by atoms with Gasteiger partial charge in [0.05, 0.1) is 17.2 Å². The molecule has 1 aliphatic rings. The van der Waals surface area contributed by atoms with Gasteiger partial charge in [-0.1, -0.05) is 11.6 Å². The molecule has 0 saturated heterocycles. The highest BCUT2D eigenvalue weighted by Gasteiger charge is 2.29. The standard InChI is InChI=1S/C15H16ClNO2S/c1-9-6-11(16)4-5-12(9)19-8-14-17-15(10-2-3-10)13(7-18)20-14/h4-6,10,18H,2-3,7-8H2,1H3. The quantitative estimate of drug-likeness (QED) is 0.906. The second-order valence-corrected chi connectivity index (χ2v) is 6.65. The number of aliphatic hydroxyl groups excluding tert-OH is 1. The average molecular weight is 310 g/mol. The van der Waals surface area contributed by atoms with E-state index in [1.54, 1.807) is 11.3 Å². The van der Waals surface area contributed by atoms with Crippen LogP contribution in [0.4, 0.5) is 0 Å². The lowest BCUT2D eigenvalue weighted by atomic mass is 10.2. The summed E-state index contributed by atoms with van der Waals surface area (Å²) in [5.41, 5.74) is 2.09. The predicted molar refractivity (Wildman–Crippen MR) is 80.5 cm³/mol. The Morgan fingerprint density at radius 3 is 2.90 bits per heavy atom. The van der Waals surface area contributed by atoms with Crippen molar-refractivity contribution in [3.05, 3.63) is 44.4 Å². The summed E-state index contributed by atoms with van der Waals surface area (Å²) in [6.45, 7) is 2.48. The number of hydrogen-bond acceptors (Lipinski definition) is 4. The van der Waals surface area contributed by atoms with Crippen LogP contribution in [0.15, 0.2) is 18.2 Å². The zero-order valence-corrected chi connectivity index (χ0v) is 12.8. The predicted octanol–water partition coefficient (Wildman–Crippen LogP) is 4.05. The van der Waals surface area contributed by atoms with E-state index < -0.39 is 0 Å². The molecule has 1 aliphatic carbocycles. The normalized spacial score (nSPS) is 14.6. The van der Waals surface area contributed by atoms with Crippen molar-refractivity contribution in [3.8, 4) is 5.75 Å². The van der Waals surface area contributed by atoms with Crippen LogP contribution >= 0.6 is 22.9 Å². The number of aliphatic hydroxyl groups is 1. The largest absolute Gasteiger partial charge is 0.486 e. The Kier molecular flexibility index (Phi) is 3.96. The lowest BCUT2D eigenvalue weighted by Gasteiger charge is -2.07. The van der Waals surface area contributed by atoms with E-state index in [9.17, 15) is 5.11 Å². The molecule has 1 heterocycles. The monoisotopic (exact) mass is 309 g/mol. The first kappa shape index (κ1) is 13.9. The third-order valence-corrected chi connectivity index (χ3v) is 4.63. The minimum Gasteiger partial charge on any atom is -0.486 e. The summed E-state index contributed by atoms with van der Waals surface area (Å²) in [6, 6.07) is 5.58. The molecule has 0 amide bonds. The summed E-state index contributed by atoms with van der Waals surface area (Å²) in [5, 5.41) is 11.0. The van der Waals surface area contributed by atoms with Crippen LogP contribution in [0.2, 0.25) is 5.02 Å². The first-order valence-electron chi connectivity index (χ1n) is 6.65. The van der Waals surface area contributed by atoms with E-state index in [0.717, 1.165) is 26.9 Å². The number of nitrogens with zero attached hydrogens (tertiary/aromatic N) is 1. The van der Waals surface area contributed by atoms with Gasteiger partial charge in [0.1, 0.15) is 17.4 Å². The van der Waals surface area contributed by atoms with E-state index in [1.807, 2.05) is 25.1 Å². The molecule has 3 rings (SSSR count). The number of aryl methyl sites for hydroxylation is 1. The second kappa shape index (κ2) is 5.72. The molecular weight excluding hydrogens is 294 g/mol. The molecule has 20 heavy (non-hydrogen) atoms. The van der Waals surface area contributed by atoms with Gasteiger partial charge in [-0.25, -0.2) is 4.98 Å². The third kappa shape index (κ3) is 2.97. The van der Waals surface area contributed by atoms with Gasteiger partial charge in [0.25, 0.3) is 0 Å². The van der Waals surface area contributed by atoms with Gasteiger partial charge in [-0.05, 0) is 43.5 Å². The molecule has 0 radical (unpaired) electrons. The van der Waals surface area contributed by atoms with Gasteiger partial charge in [0.15, 0.2) is 0 Å². The van der Waals surface area contributed by atoms with Crippen LogP contribution < -0.4 is 4.74 Å². The highest BCUT2D eigenvalue weighted by atomic mass is 35.5. The first-order valence-corrected chi connectivity index (χ1v) is 7.85. The maximum Gasteiger partial charge on any atom is 0.140 e. The topological polar surface area (TPSA) is 42.4 Å². The van der Waals surface area contributed by atoms with Gasteiger partial charge < -0.3 is 9.84 Å². The number of ether oxygens (including phenoxy) is 1. The van der Waals surface area contributed by atoms with Crippen molar-refractivity contribution in [3.63, 3.8) is 0 Å². The highest BCUT2D eigenvalue weighted by Crippen LogP contribution is 2.42. The molecule has 1 N–H and O–H groups in total. The fourth-order valence-electron chi connectivity index (χ4n) is 2.18. The lowest BCUT2D eigenvalue weighted by molar-refractivity contribution is 0.284. The number of thiazole rings is 1. The van der Waals surface area contributed by atoms with Crippen LogP contribution in [-0.2, 0) is 13.2 Å². The Morgan fingerprint density at radius 1 is 1.45 bits per heavy atom. The zero-order chi connectivity index (χ0) is 14.1. The van der Waals surface area contributed by atoms with E-state index in [0.29, 0.717) is 17.5 Å². The fraction of sp³-hybridized carbons (Fsp3) is 0.400. The second-order valence-electron chi connectivity index (χ2n) is 5.05. The van der Waals surface area contributed by atoms with Crippen LogP contribution in [0.25, 0.3) is 0 Å². The van der Waals surface area contributed by atoms with Crippen LogP contribution in [-0.4, -0.2) is 10.1 Å². The molecule has 0 aliphatic heterocycles. The number of aromatic nitrogens is 1. The van der Waals surface area contributed by atoms with Gasteiger partial charge in [-0.15, -0.1) is 11.3 Å². The van der Waals surface area contributed by atoms with Gasteiger partial charge in [-0.3, -0.25) is 0 Å². The Morgan fingerprint density at radius 2 is 2.25 bits per heavy atom. The van der Waals surface area contributed by atoms with Crippen molar-refractivity contribution in [2.75, 3.05) is 0 Å². The minimum absolute atomic E-state index is 0.0729. The molecule has 0 bridgehead atoms. The van der Waals surface area contributed by atoms with E-state index in [1.165, 1.54) is 12.8 Å². The van der Waals surface area contributed by atoms with E-state index in [4.69, 9.17) is 16.3 Å². The van der Waals surface area contributed by atoms with Gasteiger partial charge in [-0.2, -0.15) is 0 Å². The molecule has 0 spiro atoms. The number of benzene rings is 1. The molecular formula is C15H16ClNO2S. The van der Waals surface area contributed by atoms with Crippen LogP contribution in [0.3, 0.4) is 0 Å². The van der Waals surface area contributed by atoms with Gasteiger partial charge in [0.2, 0.25) is 0 Å². The third-order valence-electron chi connectivity index (χ3n) is 3.37. The zero-order valence-electron chi connectivity index (χ0n) is 11.2. The summed E-state index contributed by atoms with van der Waals surface area (Å²) in [6.07, 6.45) is 2.38. The molecule has 0 atom stereocenters. The minimum atomic E-state index is 0.0729. The van der Waals surface area contributed by atoms with Gasteiger partial charge >= 0.3 is 0 Å². The summed E-state index contributed by atoms with van der Waals surface area (Å²) in [4.78, 5) is 5.60. The Bertz CT molecular complexity index is 622. The molecule has 3 nitrogen and oxygen atoms in total. The molecule has 5 heteroatoms. The summed E-state index contributed by atoms with van der Waals surface area (Å²) in [7, 11) is 0. The smallest absolute Gasteiger partial charge is 0.140 e. The molecule has 1 saturated carbocycles. The number of rotatable bonds is 5. The summed E-state index contributed by atoms with van der Waals surface area (Å²) < 4.78 is 5.80. The van der Waals surface area contributed by atoms with Crippen molar-refractivity contribution in [2.45, 2.75) is 38.9 Å². The van der Waals surface area contributed by atoms with E-state index in [-0.39, 0.29) is 6.61 Å². The lowest BCUT2D eigenvalue weighted by Crippen LogP contribution is -1.97. The van der Waals surface area contributed by atoms with E-state index in [2.05, 4.69) is 4.98 Å². The van der Waals surface area contributed by atoms with Crippen molar-refractivity contribution in [1.82, 2.24) is 4.98 Å². The van der Waals surface area contributed by atoms with Crippen molar-refractivity contribution >= 4 is 22.9 Å². The van der Waals surface area contributed by atoms with Crippen LogP contribution in [0.5, 0.6) is 5.75 Å². The highest BCUT2D eigenvalue weighted by molar-refractivity contribution is 7.11. The van der Waals surface area contributed by atoms with Crippen molar-refractivity contribution in [1.29, 1.82) is 0 Å². The average Bonchev–Trinajstić information content (AvgIpc) is 3.18.